The van der Waals surface area contributed by atoms with E-state index in [9.17, 15) is 8.42 Å². The number of piperidine rings is 1. The molecule has 1 unspecified atom stereocenters. The summed E-state index contributed by atoms with van der Waals surface area (Å²) in [5.41, 5.74) is 0.977. The molecule has 0 aromatic heterocycles. The number of benzene rings is 1. The average molecular weight is 332 g/mol. The Kier molecular flexibility index (Phi) is 4.45. The molecule has 18 heavy (non-hydrogen) atoms. The lowest BCUT2D eigenvalue weighted by atomic mass is 10.0. The van der Waals surface area contributed by atoms with Crippen molar-refractivity contribution in [3.8, 4) is 0 Å². The number of rotatable bonds is 3. The first kappa shape index (κ1) is 14.0. The number of hydrogen-bond acceptors (Lipinski definition) is 2. The van der Waals surface area contributed by atoms with E-state index in [4.69, 9.17) is 0 Å². The molecule has 0 amide bonds. The third-order valence-corrected chi connectivity index (χ3v) is 6.10. The molecule has 1 aliphatic heterocycles. The number of hydrogen-bond donors (Lipinski definition) is 0. The summed E-state index contributed by atoms with van der Waals surface area (Å²) < 4.78 is 26.6. The van der Waals surface area contributed by atoms with Crippen LogP contribution in [0.5, 0.6) is 0 Å². The van der Waals surface area contributed by atoms with Gasteiger partial charge in [0, 0.05) is 18.4 Å². The first-order chi connectivity index (χ1) is 8.54. The monoisotopic (exact) mass is 331 g/mol. The van der Waals surface area contributed by atoms with Gasteiger partial charge in [0.1, 0.15) is 0 Å². The molecule has 100 valence electrons. The van der Waals surface area contributed by atoms with Crippen LogP contribution in [-0.2, 0) is 10.0 Å². The third-order valence-electron chi connectivity index (χ3n) is 3.33. The molecule has 0 spiro atoms. The second-order valence-corrected chi connectivity index (χ2v) is 7.43. The van der Waals surface area contributed by atoms with Crippen LogP contribution in [0.4, 0.5) is 0 Å². The van der Waals surface area contributed by atoms with Gasteiger partial charge in [0.2, 0.25) is 10.0 Å². The van der Waals surface area contributed by atoms with Gasteiger partial charge in [-0.05, 0) is 43.4 Å². The molecule has 1 aromatic carbocycles. The second-order valence-electron chi connectivity index (χ2n) is 4.84. The molecular weight excluding hydrogens is 314 g/mol. The fraction of sp³-hybridized carbons (Fsp3) is 0.538. The number of nitrogens with zero attached hydrogens (tertiary/aromatic N) is 1. The molecule has 1 heterocycles. The highest BCUT2D eigenvalue weighted by molar-refractivity contribution is 9.09. The Morgan fingerprint density at radius 2 is 2.22 bits per heavy atom. The van der Waals surface area contributed by atoms with Gasteiger partial charge in [-0.15, -0.1) is 0 Å². The summed E-state index contributed by atoms with van der Waals surface area (Å²) in [7, 11) is -3.32. The normalized spacial score (nSPS) is 22.0. The van der Waals surface area contributed by atoms with E-state index in [1.807, 2.05) is 13.0 Å². The summed E-state index contributed by atoms with van der Waals surface area (Å²) in [4.78, 5) is 0.415. The van der Waals surface area contributed by atoms with Crippen molar-refractivity contribution >= 4 is 26.0 Å². The lowest BCUT2D eigenvalue weighted by Crippen LogP contribution is -2.40. The Morgan fingerprint density at radius 1 is 1.44 bits per heavy atom. The van der Waals surface area contributed by atoms with Crippen molar-refractivity contribution in [3.05, 3.63) is 29.8 Å². The number of sulfonamides is 1. The van der Waals surface area contributed by atoms with Crippen LogP contribution in [-0.4, -0.2) is 31.1 Å². The maximum absolute atomic E-state index is 12.5. The topological polar surface area (TPSA) is 37.4 Å². The summed E-state index contributed by atoms with van der Waals surface area (Å²) in [6, 6.07) is 7.14. The summed E-state index contributed by atoms with van der Waals surface area (Å²) in [6.45, 7) is 3.18. The van der Waals surface area contributed by atoms with E-state index >= 15 is 0 Å². The van der Waals surface area contributed by atoms with Gasteiger partial charge in [0.15, 0.2) is 0 Å². The minimum absolute atomic E-state index is 0.415. The van der Waals surface area contributed by atoms with Crippen molar-refractivity contribution in [2.45, 2.75) is 24.7 Å². The maximum atomic E-state index is 12.5. The number of halogens is 1. The quantitative estimate of drug-likeness (QED) is 0.798. The Labute approximate surface area is 117 Å². The highest BCUT2D eigenvalue weighted by Crippen LogP contribution is 2.24. The minimum atomic E-state index is -3.32. The van der Waals surface area contributed by atoms with Crippen LogP contribution in [0.25, 0.3) is 0 Å². The van der Waals surface area contributed by atoms with Gasteiger partial charge in [-0.25, -0.2) is 8.42 Å². The smallest absolute Gasteiger partial charge is 0.207 e. The standard InChI is InChI=1S/C13H18BrNO2S/c1-11-4-2-6-13(8-11)18(16,17)15-7-3-5-12(9-14)10-15/h2,4,6,8,12H,3,5,7,9-10H2,1H3. The third kappa shape index (κ3) is 2.95. The van der Waals surface area contributed by atoms with E-state index in [-0.39, 0.29) is 0 Å². The van der Waals surface area contributed by atoms with Crippen molar-refractivity contribution in [2.75, 3.05) is 18.4 Å². The Morgan fingerprint density at radius 3 is 2.89 bits per heavy atom. The molecule has 1 fully saturated rings. The Bertz CT molecular complexity index is 515. The van der Waals surface area contributed by atoms with Crippen LogP contribution < -0.4 is 0 Å². The molecular formula is C13H18BrNO2S. The summed E-state index contributed by atoms with van der Waals surface area (Å²) in [5.74, 6) is 0.429. The SMILES string of the molecule is Cc1cccc(S(=O)(=O)N2CCCC(CBr)C2)c1. The van der Waals surface area contributed by atoms with Crippen LogP contribution in [0.1, 0.15) is 18.4 Å². The maximum Gasteiger partial charge on any atom is 0.243 e. The Balaban J connectivity index is 2.25. The lowest BCUT2D eigenvalue weighted by molar-refractivity contribution is 0.285. The van der Waals surface area contributed by atoms with Gasteiger partial charge in [-0.1, -0.05) is 28.1 Å². The van der Waals surface area contributed by atoms with Crippen molar-refractivity contribution < 1.29 is 8.42 Å². The zero-order chi connectivity index (χ0) is 13.2. The molecule has 1 aromatic rings. The van der Waals surface area contributed by atoms with E-state index in [0.29, 0.717) is 23.9 Å². The molecule has 2 rings (SSSR count). The molecule has 1 aliphatic rings. The molecule has 0 radical (unpaired) electrons. The summed E-state index contributed by atoms with van der Waals surface area (Å²) >= 11 is 3.45. The highest BCUT2D eigenvalue weighted by Gasteiger charge is 2.29. The van der Waals surface area contributed by atoms with Gasteiger partial charge in [-0.3, -0.25) is 0 Å². The van der Waals surface area contributed by atoms with Crippen molar-refractivity contribution in [2.24, 2.45) is 5.92 Å². The van der Waals surface area contributed by atoms with Crippen molar-refractivity contribution in [1.82, 2.24) is 4.31 Å². The number of alkyl halides is 1. The predicted octanol–water partition coefficient (Wildman–Crippen LogP) is 2.79. The van der Waals surface area contributed by atoms with Gasteiger partial charge in [-0.2, -0.15) is 4.31 Å². The molecule has 5 heteroatoms. The molecule has 3 nitrogen and oxygen atoms in total. The van der Waals surface area contributed by atoms with E-state index in [2.05, 4.69) is 15.9 Å². The summed E-state index contributed by atoms with van der Waals surface area (Å²) in [5, 5.41) is 0.868. The molecule has 0 saturated carbocycles. The molecule has 0 N–H and O–H groups in total. The van der Waals surface area contributed by atoms with Gasteiger partial charge in [0.05, 0.1) is 4.90 Å². The zero-order valence-corrected chi connectivity index (χ0v) is 12.9. The average Bonchev–Trinajstić information content (AvgIpc) is 2.39. The lowest BCUT2D eigenvalue weighted by Gasteiger charge is -2.31. The van der Waals surface area contributed by atoms with Crippen molar-refractivity contribution in [1.29, 1.82) is 0 Å². The largest absolute Gasteiger partial charge is 0.243 e. The van der Waals surface area contributed by atoms with Crippen molar-refractivity contribution in [3.63, 3.8) is 0 Å². The van der Waals surface area contributed by atoms with E-state index in [0.717, 1.165) is 23.7 Å². The highest BCUT2D eigenvalue weighted by atomic mass is 79.9. The fourth-order valence-corrected chi connectivity index (χ4v) is 4.48. The molecule has 1 atom stereocenters. The van der Waals surface area contributed by atoms with E-state index < -0.39 is 10.0 Å². The van der Waals surface area contributed by atoms with Gasteiger partial charge < -0.3 is 0 Å². The minimum Gasteiger partial charge on any atom is -0.207 e. The summed E-state index contributed by atoms with van der Waals surface area (Å²) in [6.07, 6.45) is 2.05. The van der Waals surface area contributed by atoms with Gasteiger partial charge in [0.25, 0.3) is 0 Å². The van der Waals surface area contributed by atoms with Crippen LogP contribution >= 0.6 is 15.9 Å². The fourth-order valence-electron chi connectivity index (χ4n) is 2.30. The van der Waals surface area contributed by atoms with E-state index in [1.54, 1.807) is 22.5 Å². The first-order valence-corrected chi connectivity index (χ1v) is 8.73. The van der Waals surface area contributed by atoms with Crippen LogP contribution in [0.3, 0.4) is 0 Å². The predicted molar refractivity (Wildman–Crippen MR) is 76.5 cm³/mol. The zero-order valence-electron chi connectivity index (χ0n) is 10.5. The first-order valence-electron chi connectivity index (χ1n) is 6.17. The second kappa shape index (κ2) is 5.72. The van der Waals surface area contributed by atoms with E-state index in [1.165, 1.54) is 0 Å². The van der Waals surface area contributed by atoms with Gasteiger partial charge >= 0.3 is 0 Å². The molecule has 0 bridgehead atoms. The Hall–Kier alpha value is -0.390. The molecule has 0 aliphatic carbocycles. The number of aryl methyl sites for hydroxylation is 1. The molecule has 1 saturated heterocycles. The van der Waals surface area contributed by atoms with Crippen LogP contribution in [0, 0.1) is 12.8 Å². The van der Waals surface area contributed by atoms with Crippen LogP contribution in [0.15, 0.2) is 29.2 Å². The van der Waals surface area contributed by atoms with Crippen LogP contribution in [0.2, 0.25) is 0 Å².